The van der Waals surface area contributed by atoms with Crippen LogP contribution in [0.1, 0.15) is 57.9 Å². The van der Waals surface area contributed by atoms with Crippen molar-refractivity contribution < 1.29 is 32.3 Å². The maximum Gasteiger partial charge on any atom is 0.333 e. The van der Waals surface area contributed by atoms with E-state index < -0.39 is 23.8 Å². The van der Waals surface area contributed by atoms with Crippen molar-refractivity contribution in [3.8, 4) is 0 Å². The van der Waals surface area contributed by atoms with E-state index in [1.807, 2.05) is 14.1 Å². The van der Waals surface area contributed by atoms with Crippen molar-refractivity contribution in [2.45, 2.75) is 44.6 Å². The van der Waals surface area contributed by atoms with Gasteiger partial charge in [-0.25, -0.2) is 4.79 Å². The molecule has 9 nitrogen and oxygen atoms in total. The number of allylic oxidation sites excluding steroid dienone is 3. The fourth-order valence-electron chi connectivity index (χ4n) is 5.68. The summed E-state index contributed by atoms with van der Waals surface area (Å²) >= 11 is 0. The Balaban J connectivity index is 1.28. The molecule has 3 aliphatic rings. The molecule has 244 valence electrons. The van der Waals surface area contributed by atoms with E-state index in [1.54, 1.807) is 55.4 Å². The van der Waals surface area contributed by atoms with Crippen LogP contribution in [0, 0.1) is 0 Å². The summed E-state index contributed by atoms with van der Waals surface area (Å²) in [7, 11) is 7.36. The van der Waals surface area contributed by atoms with Crippen LogP contribution in [0.15, 0.2) is 78.3 Å². The van der Waals surface area contributed by atoms with Gasteiger partial charge in [0.2, 0.25) is 0 Å². The SMILES string of the molecule is [2H]C1=CC(=C(c2cc([2H])c(N(C)C)c([2H])c2)c2cc([2H])c(N3CCN(CCCCCC(=O)ON4C(=O)CCC4=O)CC3)c([2H])c2)C=C([2H])C1[NH+](C)C. The van der Waals surface area contributed by atoms with E-state index in [0.717, 1.165) is 37.4 Å². The van der Waals surface area contributed by atoms with E-state index in [0.29, 0.717) is 58.2 Å². The number of carbonyl (C=O) groups is 3. The standard InChI is InChI=1S/C37H47N5O4/c1-38(2)31-15-9-28(10-16-31)37(29-11-17-32(18-12-29)39(3)4)30-13-19-33(20-14-30)41-26-24-40(25-27-41)23-7-5-6-8-36(45)46-42-34(43)21-22-35(42)44/h9-20,31H,5-8,21-27H2,1-4H3/p+1/i15D,16D,17D,18D,19D,20D. The Bertz CT molecular complexity index is 1740. The fraction of sp³-hybridized carbons (Fsp3) is 0.432. The number of hydrogen-bond donors (Lipinski definition) is 1. The lowest BCUT2D eigenvalue weighted by molar-refractivity contribution is -0.871. The molecular formula is C37H48N5O4+. The number of hydroxylamine groups is 2. The summed E-state index contributed by atoms with van der Waals surface area (Å²) in [4.78, 5) is 47.3. The Morgan fingerprint density at radius 2 is 1.48 bits per heavy atom. The summed E-state index contributed by atoms with van der Waals surface area (Å²) in [6, 6.07) is 7.51. The summed E-state index contributed by atoms with van der Waals surface area (Å²) in [6.45, 7) is 3.60. The second-order valence-electron chi connectivity index (χ2n) is 12.3. The zero-order chi connectivity index (χ0) is 37.9. The number of amides is 2. The molecule has 9 heteroatoms. The molecule has 0 atom stereocenters. The van der Waals surface area contributed by atoms with Gasteiger partial charge in [0, 0.05) is 70.9 Å². The summed E-state index contributed by atoms with van der Waals surface area (Å²) in [5.41, 5.74) is 3.23. The van der Waals surface area contributed by atoms with Crippen molar-refractivity contribution in [2.75, 3.05) is 70.7 Å². The molecule has 0 radical (unpaired) electrons. The van der Waals surface area contributed by atoms with Gasteiger partial charge < -0.3 is 19.5 Å². The highest BCUT2D eigenvalue weighted by Gasteiger charge is 2.32. The van der Waals surface area contributed by atoms with Gasteiger partial charge in [0.25, 0.3) is 11.8 Å². The van der Waals surface area contributed by atoms with Crippen LogP contribution < -0.4 is 14.7 Å². The van der Waals surface area contributed by atoms with Crippen molar-refractivity contribution >= 4 is 34.7 Å². The van der Waals surface area contributed by atoms with Gasteiger partial charge in [0.15, 0.2) is 0 Å². The van der Waals surface area contributed by atoms with Gasteiger partial charge in [-0.15, -0.1) is 5.06 Å². The minimum absolute atomic E-state index is 0.0700. The first-order chi connectivity index (χ1) is 24.7. The van der Waals surface area contributed by atoms with Gasteiger partial charge in [-0.05, 0) is 77.9 Å². The third kappa shape index (κ3) is 8.33. The zero-order valence-corrected chi connectivity index (χ0v) is 27.2. The average molecular weight is 633 g/mol. The summed E-state index contributed by atoms with van der Waals surface area (Å²) in [5.74, 6) is -1.55. The number of carbonyl (C=O) groups excluding carboxylic acids is 3. The Labute approximate surface area is 281 Å². The van der Waals surface area contributed by atoms with Gasteiger partial charge in [0.1, 0.15) is 6.04 Å². The number of benzene rings is 2. The number of imide groups is 1. The molecule has 0 saturated carbocycles. The number of hydrogen-bond acceptors (Lipinski definition) is 7. The number of quaternary nitrogens is 1. The molecule has 0 aromatic heterocycles. The summed E-state index contributed by atoms with van der Waals surface area (Å²) in [5, 5.41) is 0.580. The molecule has 2 heterocycles. The number of likely N-dealkylation sites (N-methyl/N-ethyl adjacent to an activating group) is 1. The minimum atomic E-state index is -0.582. The van der Waals surface area contributed by atoms with Crippen LogP contribution >= 0.6 is 0 Å². The maximum atomic E-state index is 12.1. The van der Waals surface area contributed by atoms with Crippen LogP contribution in [0.3, 0.4) is 0 Å². The van der Waals surface area contributed by atoms with E-state index in [4.69, 9.17) is 13.1 Å². The van der Waals surface area contributed by atoms with E-state index >= 15 is 0 Å². The van der Waals surface area contributed by atoms with Gasteiger partial charge in [-0.1, -0.05) is 42.8 Å². The molecule has 0 unspecified atom stereocenters. The quantitative estimate of drug-likeness (QED) is 0.284. The van der Waals surface area contributed by atoms with Crippen molar-refractivity contribution in [2.24, 2.45) is 0 Å². The maximum absolute atomic E-state index is 12.1. The molecule has 5 rings (SSSR count). The Morgan fingerprint density at radius 3 is 2.04 bits per heavy atom. The number of unbranched alkanes of at least 4 members (excludes halogenated alkanes) is 2. The van der Waals surface area contributed by atoms with Crippen molar-refractivity contribution in [3.63, 3.8) is 0 Å². The van der Waals surface area contributed by atoms with Crippen LogP contribution in [0.2, 0.25) is 0 Å². The molecule has 2 saturated heterocycles. The van der Waals surface area contributed by atoms with Gasteiger partial charge in [-0.2, -0.15) is 0 Å². The van der Waals surface area contributed by atoms with E-state index in [1.165, 1.54) is 0 Å². The molecule has 1 N–H and O–H groups in total. The smallest absolute Gasteiger partial charge is 0.333 e. The number of nitrogens with one attached hydrogen (secondary N) is 1. The van der Waals surface area contributed by atoms with Crippen molar-refractivity contribution in [1.29, 1.82) is 0 Å². The third-order valence-corrected chi connectivity index (χ3v) is 8.40. The predicted molar refractivity (Wildman–Crippen MR) is 182 cm³/mol. The molecule has 2 aromatic carbocycles. The largest absolute Gasteiger partial charge is 0.378 e. The Hall–Kier alpha value is -4.21. The van der Waals surface area contributed by atoms with Crippen molar-refractivity contribution in [1.82, 2.24) is 9.96 Å². The average Bonchev–Trinajstić information content (AvgIpc) is 3.36. The predicted octanol–water partition coefficient (Wildman–Crippen LogP) is 3.48. The highest BCUT2D eigenvalue weighted by atomic mass is 16.7. The zero-order valence-electron chi connectivity index (χ0n) is 33.2. The molecule has 46 heavy (non-hydrogen) atoms. The van der Waals surface area contributed by atoms with E-state index in [-0.39, 0.29) is 55.5 Å². The second kappa shape index (κ2) is 15.4. The molecule has 1 aliphatic carbocycles. The summed E-state index contributed by atoms with van der Waals surface area (Å²) < 4.78 is 53.0. The van der Waals surface area contributed by atoms with Gasteiger partial charge >= 0.3 is 5.97 Å². The van der Waals surface area contributed by atoms with E-state index in [2.05, 4.69) is 9.80 Å². The lowest BCUT2D eigenvalue weighted by Crippen LogP contribution is -3.09. The van der Waals surface area contributed by atoms with Crippen LogP contribution in [-0.2, 0) is 19.2 Å². The molecular weight excluding hydrogens is 578 g/mol. The first kappa shape index (κ1) is 25.9. The lowest BCUT2D eigenvalue weighted by Gasteiger charge is -2.36. The Morgan fingerprint density at radius 1 is 0.891 bits per heavy atom. The molecule has 2 aliphatic heterocycles. The number of rotatable bonds is 12. The molecule has 0 spiro atoms. The normalized spacial score (nSPS) is 20.8. The monoisotopic (exact) mass is 632 g/mol. The molecule has 2 fully saturated rings. The topological polar surface area (TPSA) is 77.8 Å². The Kier molecular flexibility index (Phi) is 8.67. The second-order valence-corrected chi connectivity index (χ2v) is 12.3. The first-order valence-electron chi connectivity index (χ1n) is 19.0. The fourth-order valence-corrected chi connectivity index (χ4v) is 5.68. The molecule has 0 bridgehead atoms. The summed E-state index contributed by atoms with van der Waals surface area (Å²) in [6.07, 6.45) is 5.93. The van der Waals surface area contributed by atoms with Crippen LogP contribution in [0.25, 0.3) is 5.57 Å². The number of piperazine rings is 1. The van der Waals surface area contributed by atoms with Crippen LogP contribution in [0.5, 0.6) is 0 Å². The molecule has 2 aromatic rings. The first-order valence-corrected chi connectivity index (χ1v) is 16.0. The van der Waals surface area contributed by atoms with E-state index in [9.17, 15) is 14.4 Å². The minimum Gasteiger partial charge on any atom is -0.378 e. The van der Waals surface area contributed by atoms with Gasteiger partial charge in [0.05, 0.1) is 22.3 Å². The third-order valence-electron chi connectivity index (χ3n) is 8.40. The highest BCUT2D eigenvalue weighted by Crippen LogP contribution is 2.32. The van der Waals surface area contributed by atoms with Crippen LogP contribution in [-0.4, -0.2) is 94.7 Å². The van der Waals surface area contributed by atoms with Crippen LogP contribution in [0.4, 0.5) is 11.4 Å². The number of anilines is 2. The van der Waals surface area contributed by atoms with Gasteiger partial charge in [-0.3, -0.25) is 14.5 Å². The molecule has 2 amide bonds. The van der Waals surface area contributed by atoms with Crippen molar-refractivity contribution in [3.05, 3.63) is 89.4 Å². The lowest BCUT2D eigenvalue weighted by atomic mass is 9.90. The highest BCUT2D eigenvalue weighted by molar-refractivity contribution is 6.01. The number of nitrogens with zero attached hydrogens (tertiary/aromatic N) is 4.